The smallest absolute Gasteiger partial charge is 0.410 e. The number of azide groups is 2. The molecule has 1 amide bonds. The summed E-state index contributed by atoms with van der Waals surface area (Å²) in [6, 6.07) is 14.5. The zero-order chi connectivity index (χ0) is 44.8. The minimum atomic E-state index is -1.61. The summed E-state index contributed by atoms with van der Waals surface area (Å²) in [4.78, 5) is 31.8. The number of hydrogen-bond acceptors (Lipinski definition) is 18. The van der Waals surface area contributed by atoms with E-state index >= 15 is 0 Å². The molecule has 2 saturated heterocycles. The first-order chi connectivity index (χ1) is 29.9. The predicted octanol–water partition coefficient (Wildman–Crippen LogP) is 1.31. The number of benzene rings is 2. The van der Waals surface area contributed by atoms with Crippen molar-refractivity contribution in [2.75, 3.05) is 13.1 Å². The molecular weight excluding hydrogens is 814 g/mol. The molecule has 0 unspecified atom stereocenters. The average Bonchev–Trinajstić information content (AvgIpc) is 3.28. The topological polar surface area (TPSA) is 373 Å². The normalized spacial score (nSPS) is 35.7. The molecule has 23 nitrogen and oxygen atoms in total. The van der Waals surface area contributed by atoms with Gasteiger partial charge in [-0.2, -0.15) is 4.91 Å². The third kappa shape index (κ3) is 13.0. The van der Waals surface area contributed by atoms with Crippen LogP contribution >= 0.6 is 0 Å². The molecular formula is C39H57N11O12. The molecule has 0 bridgehead atoms. The lowest BCUT2D eigenvalue weighted by Gasteiger charge is -2.43. The summed E-state index contributed by atoms with van der Waals surface area (Å²) in [6.07, 6.45) is -9.80. The quantitative estimate of drug-likeness (QED) is 0.0574. The van der Waals surface area contributed by atoms with E-state index < -0.39 is 97.7 Å². The van der Waals surface area contributed by atoms with Gasteiger partial charge in [-0.25, -0.2) is 4.79 Å². The second-order valence-electron chi connectivity index (χ2n) is 15.8. The van der Waals surface area contributed by atoms with Gasteiger partial charge in [0.05, 0.1) is 49.1 Å². The fourth-order valence-corrected chi connectivity index (χ4v) is 7.88. The van der Waals surface area contributed by atoms with Gasteiger partial charge in [-0.15, -0.1) is 0 Å². The van der Waals surface area contributed by atoms with Crippen molar-refractivity contribution in [1.82, 2.24) is 4.90 Å². The number of nitroso groups, excluding NO2 is 1. The van der Waals surface area contributed by atoms with Crippen LogP contribution in [0.1, 0.15) is 49.7 Å². The molecule has 4 fully saturated rings. The molecule has 0 spiro atoms. The molecule has 2 aromatic carbocycles. The van der Waals surface area contributed by atoms with E-state index in [9.17, 15) is 35.2 Å². The molecule has 23 heteroatoms. The van der Waals surface area contributed by atoms with E-state index in [1.54, 1.807) is 0 Å². The Hall–Kier alpha value is -4.55. The van der Waals surface area contributed by atoms with Gasteiger partial charge in [-0.1, -0.05) is 76.1 Å². The van der Waals surface area contributed by atoms with E-state index in [1.165, 1.54) is 4.90 Å². The molecule has 2 heterocycles. The summed E-state index contributed by atoms with van der Waals surface area (Å²) < 4.78 is 28.7. The molecule has 340 valence electrons. The van der Waals surface area contributed by atoms with Gasteiger partial charge in [0.25, 0.3) is 0 Å². The van der Waals surface area contributed by atoms with Crippen molar-refractivity contribution in [2.24, 2.45) is 32.6 Å². The third-order valence-electron chi connectivity index (χ3n) is 11.4. The number of amides is 1. The van der Waals surface area contributed by atoms with E-state index in [4.69, 9.17) is 51.9 Å². The maximum atomic E-state index is 13.2. The lowest BCUT2D eigenvalue weighted by atomic mass is 9.84. The third-order valence-corrected chi connectivity index (χ3v) is 11.4. The summed E-state index contributed by atoms with van der Waals surface area (Å²) in [6.45, 7) is 0.753. The highest BCUT2D eigenvalue weighted by Gasteiger charge is 2.47. The number of nitrogens with zero attached hydrogens (tertiary/aromatic N) is 8. The molecule has 4 aliphatic rings. The fraction of sp³-hybridized carbons (Fsp3) is 0.667. The van der Waals surface area contributed by atoms with Crippen LogP contribution in [0.4, 0.5) is 4.79 Å². The molecule has 2 aromatic rings. The maximum Gasteiger partial charge on any atom is 0.410 e. The van der Waals surface area contributed by atoms with Gasteiger partial charge >= 0.3 is 6.09 Å². The summed E-state index contributed by atoms with van der Waals surface area (Å²) in [5, 5.41) is 61.2. The second kappa shape index (κ2) is 23.8. The highest BCUT2D eigenvalue weighted by atomic mass is 16.7. The molecule has 0 radical (unpaired) electrons. The Morgan fingerprint density at radius 2 is 1.32 bits per heavy atom. The van der Waals surface area contributed by atoms with E-state index in [0.717, 1.165) is 11.1 Å². The minimum Gasteiger partial charge on any atom is -0.445 e. The molecule has 11 N–H and O–H groups in total. The molecule has 2 aliphatic heterocycles. The molecule has 16 atom stereocenters. The van der Waals surface area contributed by atoms with Gasteiger partial charge in [-0.3, -0.25) is 0 Å². The molecule has 2 aliphatic carbocycles. The SMILES string of the molecule is NC[C@@H]1CC[C@@H](O)[C@@H](O[C@H]2[C@H](O)[C@@H](O)[C@H](N)C[C@@H]2N)O1.[N-]=[N+]=N[C@H]1C[C@@H](N=[N+]=[N-])[C@H](O)[C@H](O)[C@@H]1O[C@H]1O[C@H](CN(Cc2ccccc2)C(=O)OCc2ccccc2)CC[C@H]1N=O. The Labute approximate surface area is 357 Å². The van der Waals surface area contributed by atoms with Gasteiger partial charge in [0.15, 0.2) is 12.6 Å². The predicted molar refractivity (Wildman–Crippen MR) is 219 cm³/mol. The van der Waals surface area contributed by atoms with E-state index in [-0.39, 0.29) is 38.6 Å². The highest BCUT2D eigenvalue weighted by molar-refractivity contribution is 5.67. The van der Waals surface area contributed by atoms with Gasteiger partial charge in [-0.05, 0) is 60.7 Å². The first-order valence-corrected chi connectivity index (χ1v) is 20.5. The largest absolute Gasteiger partial charge is 0.445 e. The van der Waals surface area contributed by atoms with Gasteiger partial charge in [0.2, 0.25) is 0 Å². The Kier molecular flexibility index (Phi) is 18.6. The van der Waals surface area contributed by atoms with Crippen LogP contribution in [-0.2, 0) is 36.8 Å². The lowest BCUT2D eigenvalue weighted by Crippen LogP contribution is -2.63. The number of carbonyl (C=O) groups excluding carboxylic acids is 1. The van der Waals surface area contributed by atoms with Crippen LogP contribution in [-0.4, -0.2) is 147 Å². The van der Waals surface area contributed by atoms with Crippen molar-refractivity contribution in [3.8, 4) is 0 Å². The standard InChI is InChI=1S/C27H32N8O7.C12H25N3O5/c28-33-30-21-13-22(31-34-29)25(24(37)23(21)36)42-26-20(32-39)12-11-19(41-26)15-35(14-17-7-3-1-4-8-17)27(38)40-16-18-9-5-2-6-10-18;13-4-5-1-2-8(16)12(19-5)20-11-7(15)3-6(14)9(17)10(11)18/h1-10,19-26,36-37H,11-16H2;5-12,16-18H,1-4,13-15H2/t19-,20+,21+,22-,23-,24-,25+,26+;5-,6+,7-,8+,9-,10+,11+,12+/m00/s1. The van der Waals surface area contributed by atoms with Gasteiger partial charge < -0.3 is 71.3 Å². The van der Waals surface area contributed by atoms with E-state index in [0.29, 0.717) is 32.2 Å². The van der Waals surface area contributed by atoms with Crippen molar-refractivity contribution in [2.45, 2.75) is 149 Å². The van der Waals surface area contributed by atoms with E-state index in [1.807, 2.05) is 60.7 Å². The minimum absolute atomic E-state index is 0.0822. The van der Waals surface area contributed by atoms with Crippen LogP contribution in [0.15, 0.2) is 76.1 Å². The number of ether oxygens (including phenoxy) is 5. The molecule has 62 heavy (non-hydrogen) atoms. The monoisotopic (exact) mass is 871 g/mol. The van der Waals surface area contributed by atoms with Crippen molar-refractivity contribution in [3.63, 3.8) is 0 Å². The number of carbonyl (C=O) groups is 1. The van der Waals surface area contributed by atoms with Gasteiger partial charge in [0, 0.05) is 35.0 Å². The van der Waals surface area contributed by atoms with Crippen LogP contribution in [0.2, 0.25) is 0 Å². The Morgan fingerprint density at radius 1 is 0.726 bits per heavy atom. The van der Waals surface area contributed by atoms with Crippen LogP contribution < -0.4 is 17.2 Å². The van der Waals surface area contributed by atoms with Gasteiger partial charge in [0.1, 0.15) is 37.1 Å². The number of rotatable bonds is 14. The Balaban J connectivity index is 0.000000302. The van der Waals surface area contributed by atoms with Crippen molar-refractivity contribution >= 4 is 6.09 Å². The Morgan fingerprint density at radius 3 is 1.97 bits per heavy atom. The molecule has 2 saturated carbocycles. The summed E-state index contributed by atoms with van der Waals surface area (Å²) >= 11 is 0. The molecule has 6 rings (SSSR count). The van der Waals surface area contributed by atoms with Crippen molar-refractivity contribution < 1.29 is 54.0 Å². The van der Waals surface area contributed by atoms with E-state index in [2.05, 4.69) is 25.2 Å². The number of aliphatic hydroxyl groups excluding tert-OH is 5. The summed E-state index contributed by atoms with van der Waals surface area (Å²) in [5.74, 6) is 0. The summed E-state index contributed by atoms with van der Waals surface area (Å²) in [7, 11) is 0. The molecule has 0 aromatic heterocycles. The first-order valence-electron chi connectivity index (χ1n) is 20.5. The number of hydrogen-bond donors (Lipinski definition) is 8. The van der Waals surface area contributed by atoms with Crippen LogP contribution in [0, 0.1) is 4.91 Å². The average molecular weight is 872 g/mol. The number of aliphatic hydroxyl groups is 5. The van der Waals surface area contributed by atoms with Crippen molar-refractivity contribution in [1.29, 1.82) is 0 Å². The fourth-order valence-electron chi connectivity index (χ4n) is 7.88. The maximum absolute atomic E-state index is 13.2. The second-order valence-corrected chi connectivity index (χ2v) is 15.8. The van der Waals surface area contributed by atoms with Crippen LogP contribution in [0.3, 0.4) is 0 Å². The van der Waals surface area contributed by atoms with Crippen LogP contribution in [0.25, 0.3) is 20.9 Å². The van der Waals surface area contributed by atoms with Crippen molar-refractivity contribution in [3.05, 3.63) is 97.6 Å². The lowest BCUT2D eigenvalue weighted by molar-refractivity contribution is -0.278. The number of nitrogens with two attached hydrogens (primary N) is 3. The Bertz CT molecular complexity index is 1800. The summed E-state index contributed by atoms with van der Waals surface area (Å²) in [5.41, 5.74) is 36.7. The first kappa shape index (κ1) is 48.5. The van der Waals surface area contributed by atoms with Crippen LogP contribution in [0.5, 0.6) is 0 Å². The zero-order valence-electron chi connectivity index (χ0n) is 34.0. The highest BCUT2D eigenvalue weighted by Crippen LogP contribution is 2.33. The zero-order valence-corrected chi connectivity index (χ0v) is 34.0.